The minimum absolute atomic E-state index is 0.566. The van der Waals surface area contributed by atoms with Gasteiger partial charge in [0.1, 0.15) is 0 Å². The van der Waals surface area contributed by atoms with Gasteiger partial charge in [-0.2, -0.15) is 11.8 Å². The van der Waals surface area contributed by atoms with Crippen LogP contribution in [0.25, 0.3) is 0 Å². The first kappa shape index (κ1) is 17.7. The summed E-state index contributed by atoms with van der Waals surface area (Å²) in [4.78, 5) is 2.40. The van der Waals surface area contributed by atoms with Gasteiger partial charge in [-0.3, -0.25) is 0 Å². The van der Waals surface area contributed by atoms with Gasteiger partial charge < -0.3 is 10.2 Å². The zero-order valence-corrected chi connectivity index (χ0v) is 14.7. The number of hydrogen-bond acceptors (Lipinski definition) is 3. The summed E-state index contributed by atoms with van der Waals surface area (Å²) < 4.78 is 0. The fraction of sp³-hybridized carbons (Fsp3) is 0.625. The van der Waals surface area contributed by atoms with E-state index in [9.17, 15) is 0 Å². The number of anilines is 1. The van der Waals surface area contributed by atoms with Gasteiger partial charge in [0.15, 0.2) is 0 Å². The number of hydrogen-bond donors (Lipinski definition) is 1. The van der Waals surface area contributed by atoms with Crippen LogP contribution in [0.5, 0.6) is 0 Å². The monoisotopic (exact) mass is 314 g/mol. The lowest BCUT2D eigenvalue weighted by Gasteiger charge is -2.31. The zero-order chi connectivity index (χ0) is 15.0. The van der Waals surface area contributed by atoms with Crippen LogP contribution in [0.15, 0.2) is 18.2 Å². The third-order valence-corrected chi connectivity index (χ3v) is 4.49. The first-order valence-corrected chi connectivity index (χ1v) is 9.12. The van der Waals surface area contributed by atoms with E-state index in [-0.39, 0.29) is 0 Å². The average Bonchev–Trinajstić information content (AvgIpc) is 2.44. The quantitative estimate of drug-likeness (QED) is 0.679. The molecule has 0 saturated carbocycles. The highest BCUT2D eigenvalue weighted by Gasteiger charge is 2.15. The van der Waals surface area contributed by atoms with Crippen molar-refractivity contribution in [1.29, 1.82) is 0 Å². The maximum Gasteiger partial charge on any atom is 0.0413 e. The molecule has 0 aliphatic rings. The van der Waals surface area contributed by atoms with Crippen LogP contribution in [0, 0.1) is 0 Å². The first-order valence-electron chi connectivity index (χ1n) is 7.34. The fourth-order valence-corrected chi connectivity index (χ4v) is 3.37. The van der Waals surface area contributed by atoms with E-state index < -0.39 is 0 Å². The molecule has 1 rings (SSSR count). The molecule has 0 amide bonds. The van der Waals surface area contributed by atoms with E-state index in [0.29, 0.717) is 6.04 Å². The lowest BCUT2D eigenvalue weighted by Crippen LogP contribution is -2.34. The molecule has 2 nitrogen and oxygen atoms in total. The molecule has 114 valence electrons. The third-order valence-electron chi connectivity index (χ3n) is 3.54. The summed E-state index contributed by atoms with van der Waals surface area (Å²) in [7, 11) is 2.19. The minimum atomic E-state index is 0.566. The largest absolute Gasteiger partial charge is 0.371 e. The molecular formula is C16H27ClN2S. The lowest BCUT2D eigenvalue weighted by atomic mass is 10.1. The highest BCUT2D eigenvalue weighted by atomic mass is 35.5. The van der Waals surface area contributed by atoms with Gasteiger partial charge in [0.05, 0.1) is 0 Å². The molecule has 0 aliphatic heterocycles. The molecule has 1 atom stereocenters. The molecule has 0 bridgehead atoms. The Kier molecular flexibility index (Phi) is 8.43. The van der Waals surface area contributed by atoms with Crippen LogP contribution >= 0.6 is 23.4 Å². The predicted molar refractivity (Wildman–Crippen MR) is 94.3 cm³/mol. The Morgan fingerprint density at radius 2 is 2.10 bits per heavy atom. The summed E-state index contributed by atoms with van der Waals surface area (Å²) in [6, 6.07) is 6.79. The molecule has 1 unspecified atom stereocenters. The van der Waals surface area contributed by atoms with Crippen molar-refractivity contribution in [1.82, 2.24) is 5.32 Å². The highest BCUT2D eigenvalue weighted by molar-refractivity contribution is 7.98. The molecule has 0 heterocycles. The van der Waals surface area contributed by atoms with E-state index >= 15 is 0 Å². The first-order chi connectivity index (χ1) is 9.63. The zero-order valence-electron chi connectivity index (χ0n) is 13.1. The van der Waals surface area contributed by atoms with Crippen molar-refractivity contribution < 1.29 is 0 Å². The summed E-state index contributed by atoms with van der Waals surface area (Å²) in [6.07, 6.45) is 4.47. The molecule has 0 aromatic heterocycles. The average molecular weight is 315 g/mol. The molecule has 1 aromatic rings. The molecular weight excluding hydrogens is 288 g/mol. The Balaban J connectivity index is 2.90. The van der Waals surface area contributed by atoms with Gasteiger partial charge in [0.25, 0.3) is 0 Å². The normalized spacial score (nSPS) is 12.4. The van der Waals surface area contributed by atoms with Gasteiger partial charge in [-0.25, -0.2) is 0 Å². The number of thioether (sulfide) groups is 1. The van der Waals surface area contributed by atoms with E-state index in [0.717, 1.165) is 36.7 Å². The van der Waals surface area contributed by atoms with Crippen LogP contribution in [-0.2, 0) is 6.54 Å². The van der Waals surface area contributed by atoms with Gasteiger partial charge in [-0.1, -0.05) is 25.4 Å². The SMILES string of the molecule is CCCNCc1cc(Cl)ccc1N(C)C(CC)CSC. The molecule has 0 aliphatic carbocycles. The van der Waals surface area contributed by atoms with Crippen molar-refractivity contribution in [2.45, 2.75) is 39.3 Å². The Bertz CT molecular complexity index is 398. The molecule has 1 N–H and O–H groups in total. The smallest absolute Gasteiger partial charge is 0.0413 e. The molecule has 0 saturated heterocycles. The molecule has 0 spiro atoms. The van der Waals surface area contributed by atoms with E-state index in [1.807, 2.05) is 17.8 Å². The number of nitrogens with zero attached hydrogens (tertiary/aromatic N) is 1. The van der Waals surface area contributed by atoms with Crippen molar-refractivity contribution in [3.05, 3.63) is 28.8 Å². The van der Waals surface area contributed by atoms with E-state index in [2.05, 4.69) is 49.5 Å². The molecule has 20 heavy (non-hydrogen) atoms. The Hall–Kier alpha value is -0.380. The Labute approximate surface area is 133 Å². The van der Waals surface area contributed by atoms with Crippen molar-refractivity contribution in [2.24, 2.45) is 0 Å². The second-order valence-corrected chi connectivity index (χ2v) is 6.43. The molecule has 4 heteroatoms. The Morgan fingerprint density at radius 3 is 2.70 bits per heavy atom. The van der Waals surface area contributed by atoms with Crippen LogP contribution in [0.2, 0.25) is 5.02 Å². The van der Waals surface area contributed by atoms with Gasteiger partial charge >= 0.3 is 0 Å². The highest BCUT2D eigenvalue weighted by Crippen LogP contribution is 2.26. The van der Waals surface area contributed by atoms with E-state index in [1.165, 1.54) is 11.3 Å². The fourth-order valence-electron chi connectivity index (χ4n) is 2.33. The van der Waals surface area contributed by atoms with Crippen LogP contribution in [-0.4, -0.2) is 31.6 Å². The summed E-state index contributed by atoms with van der Waals surface area (Å²) in [5.74, 6) is 1.15. The number of benzene rings is 1. The molecule has 0 radical (unpaired) electrons. The molecule has 1 aromatic carbocycles. The summed E-state index contributed by atoms with van der Waals surface area (Å²) in [6.45, 7) is 6.35. The molecule has 0 fully saturated rings. The van der Waals surface area contributed by atoms with Gasteiger partial charge in [-0.05, 0) is 49.4 Å². The minimum Gasteiger partial charge on any atom is -0.371 e. The second kappa shape index (κ2) is 9.54. The maximum absolute atomic E-state index is 6.16. The van der Waals surface area contributed by atoms with Gasteiger partial charge in [0, 0.05) is 36.1 Å². The topological polar surface area (TPSA) is 15.3 Å². The number of nitrogens with one attached hydrogen (secondary N) is 1. The van der Waals surface area contributed by atoms with Crippen molar-refractivity contribution in [3.63, 3.8) is 0 Å². The van der Waals surface area contributed by atoms with Crippen LogP contribution in [0.4, 0.5) is 5.69 Å². The van der Waals surface area contributed by atoms with Crippen molar-refractivity contribution in [3.8, 4) is 0 Å². The van der Waals surface area contributed by atoms with Gasteiger partial charge in [0.2, 0.25) is 0 Å². The van der Waals surface area contributed by atoms with Crippen LogP contribution < -0.4 is 10.2 Å². The summed E-state index contributed by atoms with van der Waals surface area (Å²) >= 11 is 8.06. The van der Waals surface area contributed by atoms with Crippen molar-refractivity contribution >= 4 is 29.1 Å². The van der Waals surface area contributed by atoms with E-state index in [1.54, 1.807) is 0 Å². The van der Waals surface area contributed by atoms with Crippen LogP contribution in [0.1, 0.15) is 32.3 Å². The standard InChI is InChI=1S/C16H27ClN2S/c1-5-9-18-11-13-10-14(17)7-8-16(13)19(3)15(6-2)12-20-4/h7-8,10,15,18H,5-6,9,11-12H2,1-4H3. The summed E-state index contributed by atoms with van der Waals surface area (Å²) in [5.41, 5.74) is 2.58. The van der Waals surface area contributed by atoms with Gasteiger partial charge in [-0.15, -0.1) is 0 Å². The number of rotatable bonds is 9. The second-order valence-electron chi connectivity index (χ2n) is 5.08. The van der Waals surface area contributed by atoms with Crippen molar-refractivity contribution in [2.75, 3.05) is 30.5 Å². The maximum atomic E-state index is 6.16. The van der Waals surface area contributed by atoms with Crippen LogP contribution in [0.3, 0.4) is 0 Å². The lowest BCUT2D eigenvalue weighted by molar-refractivity contribution is 0.652. The Morgan fingerprint density at radius 1 is 1.35 bits per heavy atom. The number of halogens is 1. The van der Waals surface area contributed by atoms with E-state index in [4.69, 9.17) is 11.6 Å². The third kappa shape index (κ3) is 5.19. The predicted octanol–water partition coefficient (Wildman–Crippen LogP) is 4.42. The summed E-state index contributed by atoms with van der Waals surface area (Å²) in [5, 5.41) is 4.29.